The van der Waals surface area contributed by atoms with Crippen molar-refractivity contribution in [3.05, 3.63) is 105 Å². The van der Waals surface area contributed by atoms with Crippen LogP contribution in [0.5, 0.6) is 0 Å². The summed E-state index contributed by atoms with van der Waals surface area (Å²) in [4.78, 5) is 43.5. The van der Waals surface area contributed by atoms with E-state index in [4.69, 9.17) is 4.74 Å². The Morgan fingerprint density at radius 1 is 0.594 bits per heavy atom. The molecule has 0 fully saturated rings. The molecule has 0 atom stereocenters. The second-order valence-electron chi connectivity index (χ2n) is 18.7. The van der Waals surface area contributed by atoms with Crippen molar-refractivity contribution >= 4 is 61.5 Å². The summed E-state index contributed by atoms with van der Waals surface area (Å²) in [5.41, 5.74) is 13.8. The number of esters is 1. The second kappa shape index (κ2) is 27.0. The zero-order chi connectivity index (χ0) is 50.8. The van der Waals surface area contributed by atoms with E-state index >= 15 is 0 Å². The molecule has 69 heavy (non-hydrogen) atoms. The molecule has 4 N–H and O–H groups in total. The van der Waals surface area contributed by atoms with Crippen LogP contribution in [0.1, 0.15) is 88.1 Å². The van der Waals surface area contributed by atoms with Crippen molar-refractivity contribution in [3.63, 3.8) is 0 Å². The summed E-state index contributed by atoms with van der Waals surface area (Å²) >= 11 is 0. The Morgan fingerprint density at radius 2 is 1.06 bits per heavy atom. The number of ether oxygens (including phenoxy) is 1. The summed E-state index contributed by atoms with van der Waals surface area (Å²) in [6.07, 6.45) is 8.37. The number of anilines is 3. The molecule has 0 aliphatic carbocycles. The van der Waals surface area contributed by atoms with Crippen LogP contribution in [-0.4, -0.2) is 130 Å². The molecule has 0 saturated heterocycles. The minimum Gasteiger partial charge on any atom is -0.461 e. The third-order valence-electron chi connectivity index (χ3n) is 11.4. The quantitative estimate of drug-likeness (QED) is 0.0449. The van der Waals surface area contributed by atoms with Crippen LogP contribution in [0.25, 0.3) is 32.6 Å². The number of aryl methyl sites for hydroxylation is 6. The molecule has 3 aromatic carbocycles. The number of pyridine rings is 3. The van der Waals surface area contributed by atoms with Gasteiger partial charge in [-0.3, -0.25) is 14.8 Å². The SMILES string of the molecule is CC(=O)NCc1cnc2c(C)cc(C)cc2c1NCCCN(C)C.CCOC(=O)c1ncc2c(C)cc(C)cc2c1NCCCN(C)C.Cc1cc(C)c2ncc(C#N)c(NCCCN(C)C)c2c1. The Kier molecular flexibility index (Phi) is 21.6. The summed E-state index contributed by atoms with van der Waals surface area (Å²) in [7, 11) is 12.4. The summed E-state index contributed by atoms with van der Waals surface area (Å²) in [6.45, 7) is 22.2. The van der Waals surface area contributed by atoms with Gasteiger partial charge in [0.2, 0.25) is 5.91 Å². The minimum atomic E-state index is -0.381. The zero-order valence-corrected chi connectivity index (χ0v) is 43.8. The van der Waals surface area contributed by atoms with E-state index in [0.717, 1.165) is 130 Å². The molecule has 6 aromatic rings. The molecule has 3 aromatic heterocycles. The number of carbonyl (C=O) groups excluding carboxylic acids is 2. The summed E-state index contributed by atoms with van der Waals surface area (Å²) < 4.78 is 5.17. The van der Waals surface area contributed by atoms with Crippen LogP contribution in [0, 0.1) is 52.9 Å². The maximum absolute atomic E-state index is 12.3. The van der Waals surface area contributed by atoms with Gasteiger partial charge in [-0.1, -0.05) is 34.9 Å². The highest BCUT2D eigenvalue weighted by molar-refractivity contribution is 6.05. The molecule has 0 spiro atoms. The molecule has 0 bridgehead atoms. The number of hydrogen-bond acceptors (Lipinski definition) is 13. The fourth-order valence-corrected chi connectivity index (χ4v) is 8.24. The Labute approximate surface area is 411 Å². The van der Waals surface area contributed by atoms with Crippen LogP contribution in [-0.2, 0) is 16.1 Å². The lowest BCUT2D eigenvalue weighted by Crippen LogP contribution is -2.21. The topological polar surface area (TPSA) is 164 Å². The standard InChI is InChI=1S/C19H28N4O.C19H27N3O2.C17H22N4/c1-13-9-14(2)18-17(10-13)19(20-7-6-8-23(4)5)16(12-22-18)11-21-15(3)24;1-6-24-19(23)18-17(20-8-7-9-22(4)5)15-11-13(2)10-14(3)16(15)12-21-18;1-12-8-13(2)16-15(9-12)17(14(10-18)11-20-16)19-6-5-7-21(3)4/h9-10,12H,6-8,11H2,1-5H3,(H,20,22)(H,21,24);10-12,20H,6-9H2,1-5H3;8-9,11H,5-7H2,1-4H3,(H,19,20). The highest BCUT2D eigenvalue weighted by atomic mass is 16.5. The highest BCUT2D eigenvalue weighted by Gasteiger charge is 2.19. The molecule has 370 valence electrons. The predicted octanol–water partition coefficient (Wildman–Crippen LogP) is 9.33. The number of carbonyl (C=O) groups is 2. The van der Waals surface area contributed by atoms with Crippen molar-refractivity contribution in [1.29, 1.82) is 5.26 Å². The lowest BCUT2D eigenvalue weighted by molar-refractivity contribution is -0.119. The molecule has 0 unspecified atom stereocenters. The number of nitrogens with one attached hydrogen (secondary N) is 4. The van der Waals surface area contributed by atoms with Crippen LogP contribution in [0.4, 0.5) is 17.1 Å². The fraction of sp³-hybridized carbons (Fsp3) is 0.455. The van der Waals surface area contributed by atoms with Gasteiger partial charge in [0.25, 0.3) is 0 Å². The summed E-state index contributed by atoms with van der Waals surface area (Å²) in [5, 5.41) is 26.9. The fourth-order valence-electron chi connectivity index (χ4n) is 8.24. The lowest BCUT2D eigenvalue weighted by Gasteiger charge is -2.17. The minimum absolute atomic E-state index is 0.0333. The molecule has 1 amide bonds. The highest BCUT2D eigenvalue weighted by Crippen LogP contribution is 2.32. The Balaban J connectivity index is 0.000000226. The van der Waals surface area contributed by atoms with Crippen LogP contribution < -0.4 is 21.3 Å². The van der Waals surface area contributed by atoms with Crippen LogP contribution in [0.2, 0.25) is 0 Å². The van der Waals surface area contributed by atoms with Crippen molar-refractivity contribution in [2.45, 2.75) is 81.2 Å². The molecule has 6 rings (SSSR count). The zero-order valence-electron chi connectivity index (χ0n) is 43.8. The molecular formula is C55H77N11O3. The van der Waals surface area contributed by atoms with Crippen molar-refractivity contribution < 1.29 is 14.3 Å². The van der Waals surface area contributed by atoms with Crippen LogP contribution in [0.3, 0.4) is 0 Å². The number of nitrogens with zero attached hydrogens (tertiary/aromatic N) is 7. The Bertz CT molecular complexity index is 2730. The Morgan fingerprint density at radius 3 is 1.55 bits per heavy atom. The van der Waals surface area contributed by atoms with Crippen LogP contribution in [0.15, 0.2) is 55.0 Å². The number of aromatic nitrogens is 3. The van der Waals surface area contributed by atoms with E-state index in [1.165, 1.54) is 23.6 Å². The van der Waals surface area contributed by atoms with Gasteiger partial charge >= 0.3 is 5.97 Å². The molecule has 3 heterocycles. The van der Waals surface area contributed by atoms with E-state index in [0.29, 0.717) is 24.4 Å². The second-order valence-corrected chi connectivity index (χ2v) is 18.7. The summed E-state index contributed by atoms with van der Waals surface area (Å²) in [5.74, 6) is -0.414. The van der Waals surface area contributed by atoms with Gasteiger partial charge in [-0.25, -0.2) is 9.78 Å². The average Bonchev–Trinajstić information content (AvgIpc) is 3.27. The molecule has 0 aliphatic heterocycles. The van der Waals surface area contributed by atoms with Gasteiger partial charge in [0.05, 0.1) is 40.3 Å². The first-order valence-electron chi connectivity index (χ1n) is 24.0. The number of nitriles is 1. The molecular weight excluding hydrogens is 863 g/mol. The van der Waals surface area contributed by atoms with Crippen LogP contribution >= 0.6 is 0 Å². The third-order valence-corrected chi connectivity index (χ3v) is 11.4. The largest absolute Gasteiger partial charge is 0.461 e. The van der Waals surface area contributed by atoms with Crippen molar-refractivity contribution in [2.75, 3.05) is 104 Å². The predicted molar refractivity (Wildman–Crippen MR) is 287 cm³/mol. The van der Waals surface area contributed by atoms with E-state index in [9.17, 15) is 14.9 Å². The van der Waals surface area contributed by atoms with Gasteiger partial charge in [0.15, 0.2) is 5.69 Å². The average molecular weight is 940 g/mol. The van der Waals surface area contributed by atoms with Crippen molar-refractivity contribution in [1.82, 2.24) is 35.0 Å². The van der Waals surface area contributed by atoms with E-state index in [1.807, 2.05) is 6.20 Å². The molecule has 14 heteroatoms. The maximum atomic E-state index is 12.3. The first-order chi connectivity index (χ1) is 32.8. The van der Waals surface area contributed by atoms with Gasteiger partial charge < -0.3 is 40.7 Å². The normalized spacial score (nSPS) is 11.0. The number of benzene rings is 3. The maximum Gasteiger partial charge on any atom is 0.359 e. The monoisotopic (exact) mass is 940 g/mol. The van der Waals surface area contributed by atoms with E-state index in [1.54, 1.807) is 19.3 Å². The molecule has 0 saturated carbocycles. The molecule has 0 aliphatic rings. The van der Waals surface area contributed by atoms with E-state index in [2.05, 4.69) is 177 Å². The number of fused-ring (bicyclic) bond motifs is 3. The van der Waals surface area contributed by atoms with Gasteiger partial charge in [0.1, 0.15) is 6.07 Å². The first kappa shape index (κ1) is 55.2. The van der Waals surface area contributed by atoms with Gasteiger partial charge in [-0.15, -0.1) is 0 Å². The Hall–Kier alpha value is -6.40. The van der Waals surface area contributed by atoms with Gasteiger partial charge in [-0.05, 0) is 165 Å². The number of amides is 1. The third kappa shape index (κ3) is 16.4. The van der Waals surface area contributed by atoms with Crippen molar-refractivity contribution in [2.24, 2.45) is 0 Å². The first-order valence-corrected chi connectivity index (χ1v) is 24.0. The van der Waals surface area contributed by atoms with Crippen molar-refractivity contribution in [3.8, 4) is 6.07 Å². The van der Waals surface area contributed by atoms with E-state index in [-0.39, 0.29) is 11.9 Å². The molecule has 0 radical (unpaired) electrons. The number of hydrogen-bond donors (Lipinski definition) is 4. The summed E-state index contributed by atoms with van der Waals surface area (Å²) in [6, 6.07) is 15.0. The van der Waals surface area contributed by atoms with E-state index < -0.39 is 0 Å². The number of rotatable bonds is 19. The molecule has 14 nitrogen and oxygen atoms in total. The smallest absolute Gasteiger partial charge is 0.359 e. The van der Waals surface area contributed by atoms with Gasteiger partial charge in [0, 0.05) is 78.8 Å². The van der Waals surface area contributed by atoms with Gasteiger partial charge in [-0.2, -0.15) is 5.26 Å². The lowest BCUT2D eigenvalue weighted by atomic mass is 10.0.